The van der Waals surface area contributed by atoms with E-state index in [9.17, 15) is 9.59 Å². The fraction of sp³-hybridized carbons (Fsp3) is 0.636. The van der Waals surface area contributed by atoms with Crippen molar-refractivity contribution in [2.24, 2.45) is 0 Å². The highest BCUT2D eigenvalue weighted by Gasteiger charge is 2.40. The zero-order valence-electron chi connectivity index (χ0n) is 10.4. The first-order valence-electron chi connectivity index (χ1n) is 5.26. The van der Waals surface area contributed by atoms with Crippen molar-refractivity contribution in [1.29, 1.82) is 0 Å². The number of rotatable bonds is 2. The molecule has 0 fully saturated rings. The molecule has 0 N–H and O–H groups in total. The summed E-state index contributed by atoms with van der Waals surface area (Å²) in [5.74, 6) is -0.737. The van der Waals surface area contributed by atoms with Crippen molar-refractivity contribution >= 4 is 20.3 Å². The van der Waals surface area contributed by atoms with Crippen molar-refractivity contribution in [1.82, 2.24) is 0 Å². The molecule has 1 aliphatic heterocycles. The lowest BCUT2D eigenvalue weighted by Gasteiger charge is -2.37. The van der Waals surface area contributed by atoms with E-state index in [-0.39, 0.29) is 11.5 Å². The fourth-order valence-corrected chi connectivity index (χ4v) is 2.14. The van der Waals surface area contributed by atoms with Gasteiger partial charge in [0.2, 0.25) is 8.32 Å². The number of hydrogen-bond acceptors (Lipinski definition) is 4. The van der Waals surface area contributed by atoms with Gasteiger partial charge in [0, 0.05) is 0 Å². The summed E-state index contributed by atoms with van der Waals surface area (Å²) in [6.45, 7) is 10.4. The molecule has 0 amide bonds. The first-order chi connectivity index (χ1) is 7.12. The van der Waals surface area contributed by atoms with Crippen LogP contribution in [-0.4, -0.2) is 20.3 Å². The van der Waals surface area contributed by atoms with Crippen LogP contribution < -0.4 is 0 Å². The molecule has 1 rings (SSSR count). The van der Waals surface area contributed by atoms with E-state index in [2.05, 4.69) is 38.6 Å². The normalized spacial score (nSPS) is 17.9. The third kappa shape index (κ3) is 2.94. The minimum Gasteiger partial charge on any atom is -0.546 e. The third-order valence-electron chi connectivity index (χ3n) is 3.00. The van der Waals surface area contributed by atoms with Crippen molar-refractivity contribution in [3.8, 4) is 0 Å². The Balaban J connectivity index is 2.82. The maximum atomic E-state index is 11.1. The van der Waals surface area contributed by atoms with Crippen LogP contribution in [-0.2, 0) is 18.8 Å². The molecule has 0 radical (unpaired) electrons. The number of hydrogen-bond donors (Lipinski definition) is 0. The summed E-state index contributed by atoms with van der Waals surface area (Å²) in [4.78, 5) is 22.1. The Morgan fingerprint density at radius 3 is 2.31 bits per heavy atom. The summed E-state index contributed by atoms with van der Waals surface area (Å²) in [6.07, 6.45) is 1.32. The van der Waals surface area contributed by atoms with Crippen LogP contribution in [0.1, 0.15) is 27.2 Å². The zero-order chi connectivity index (χ0) is 12.6. The standard InChI is InChI=1S/C11H18O4Si/c1-11(2,3)16(4,5)15-8-6-9(12)14-10(13)7-8/h6H,7H2,1-5H3. The quantitative estimate of drug-likeness (QED) is 0.424. The topological polar surface area (TPSA) is 52.6 Å². The Hall–Kier alpha value is -1.10. The Labute approximate surface area is 96.7 Å². The van der Waals surface area contributed by atoms with Crippen LogP contribution >= 0.6 is 0 Å². The molecule has 1 aliphatic rings. The summed E-state index contributed by atoms with van der Waals surface area (Å²) >= 11 is 0. The molecular formula is C11H18O4Si. The van der Waals surface area contributed by atoms with Crippen LogP contribution in [0.4, 0.5) is 0 Å². The van der Waals surface area contributed by atoms with Gasteiger partial charge in [-0.1, -0.05) is 20.8 Å². The fourth-order valence-electron chi connectivity index (χ4n) is 1.05. The lowest BCUT2D eigenvalue weighted by molar-refractivity contribution is -0.157. The highest BCUT2D eigenvalue weighted by atomic mass is 28.4. The molecule has 0 spiro atoms. The minimum atomic E-state index is -1.98. The van der Waals surface area contributed by atoms with Gasteiger partial charge in [-0.2, -0.15) is 0 Å². The predicted molar refractivity (Wildman–Crippen MR) is 62.1 cm³/mol. The Kier molecular flexibility index (Phi) is 3.28. The van der Waals surface area contributed by atoms with Crippen molar-refractivity contribution in [2.45, 2.75) is 45.3 Å². The van der Waals surface area contributed by atoms with Gasteiger partial charge in [0.25, 0.3) is 0 Å². The second-order valence-corrected chi connectivity index (χ2v) is 10.2. The number of cyclic esters (lactones) is 2. The van der Waals surface area contributed by atoms with Gasteiger partial charge in [-0.3, -0.25) is 4.79 Å². The van der Waals surface area contributed by atoms with Crippen molar-refractivity contribution in [3.63, 3.8) is 0 Å². The van der Waals surface area contributed by atoms with Gasteiger partial charge in [0.1, 0.15) is 6.42 Å². The molecule has 90 valence electrons. The van der Waals surface area contributed by atoms with Crippen LogP contribution in [0.3, 0.4) is 0 Å². The molecule has 0 bridgehead atoms. The van der Waals surface area contributed by atoms with Crippen LogP contribution in [0.15, 0.2) is 11.8 Å². The molecule has 0 aromatic rings. The number of carbonyl (C=O) groups excluding carboxylic acids is 2. The van der Waals surface area contributed by atoms with E-state index in [1.807, 2.05) is 0 Å². The summed E-state index contributed by atoms with van der Waals surface area (Å²) in [7, 11) is -1.98. The zero-order valence-corrected chi connectivity index (χ0v) is 11.4. The van der Waals surface area contributed by atoms with E-state index in [1.165, 1.54) is 6.08 Å². The van der Waals surface area contributed by atoms with E-state index < -0.39 is 20.3 Å². The van der Waals surface area contributed by atoms with Gasteiger partial charge in [0.05, 0.1) is 11.8 Å². The molecule has 5 heteroatoms. The summed E-state index contributed by atoms with van der Waals surface area (Å²) in [6, 6.07) is 0. The van der Waals surface area contributed by atoms with Crippen LogP contribution in [0.2, 0.25) is 18.1 Å². The molecule has 0 unspecified atom stereocenters. The summed E-state index contributed by atoms with van der Waals surface area (Å²) in [5, 5.41) is 0.0399. The van der Waals surface area contributed by atoms with Crippen LogP contribution in [0.5, 0.6) is 0 Å². The third-order valence-corrected chi connectivity index (χ3v) is 7.39. The Morgan fingerprint density at radius 1 is 1.31 bits per heavy atom. The van der Waals surface area contributed by atoms with Gasteiger partial charge < -0.3 is 9.16 Å². The first kappa shape index (κ1) is 13.0. The second kappa shape index (κ2) is 4.05. The monoisotopic (exact) mass is 242 g/mol. The summed E-state index contributed by atoms with van der Waals surface area (Å²) < 4.78 is 10.3. The molecule has 1 heterocycles. The van der Waals surface area contributed by atoms with Crippen molar-refractivity contribution in [2.75, 3.05) is 0 Å². The molecule has 0 aromatic heterocycles. The molecule has 0 aliphatic carbocycles. The Morgan fingerprint density at radius 2 is 1.88 bits per heavy atom. The van der Waals surface area contributed by atoms with E-state index >= 15 is 0 Å². The lowest BCUT2D eigenvalue weighted by atomic mass is 10.2. The van der Waals surface area contributed by atoms with E-state index in [4.69, 9.17) is 4.43 Å². The highest BCUT2D eigenvalue weighted by molar-refractivity contribution is 6.74. The Bertz CT molecular complexity index is 349. The van der Waals surface area contributed by atoms with E-state index in [1.54, 1.807) is 0 Å². The molecule has 16 heavy (non-hydrogen) atoms. The molecular weight excluding hydrogens is 224 g/mol. The van der Waals surface area contributed by atoms with Crippen molar-refractivity contribution in [3.05, 3.63) is 11.8 Å². The average Bonchev–Trinajstić information content (AvgIpc) is 1.97. The van der Waals surface area contributed by atoms with E-state index in [0.29, 0.717) is 5.76 Å². The first-order valence-corrected chi connectivity index (χ1v) is 8.17. The van der Waals surface area contributed by atoms with Crippen LogP contribution in [0.25, 0.3) is 0 Å². The van der Waals surface area contributed by atoms with Gasteiger partial charge in [0.15, 0.2) is 0 Å². The molecule has 0 atom stereocenters. The minimum absolute atomic E-state index is 0.0399. The molecule has 0 saturated carbocycles. The van der Waals surface area contributed by atoms with Gasteiger partial charge in [-0.25, -0.2) is 4.79 Å². The maximum absolute atomic E-state index is 11.1. The van der Waals surface area contributed by atoms with Gasteiger partial charge in [-0.05, 0) is 18.1 Å². The summed E-state index contributed by atoms with van der Waals surface area (Å²) in [5.41, 5.74) is 0. The molecule has 0 aromatic carbocycles. The van der Waals surface area contributed by atoms with E-state index in [0.717, 1.165) is 0 Å². The number of esters is 2. The average molecular weight is 242 g/mol. The maximum Gasteiger partial charge on any atom is 0.341 e. The highest BCUT2D eigenvalue weighted by Crippen LogP contribution is 2.38. The largest absolute Gasteiger partial charge is 0.546 e. The molecule has 0 saturated heterocycles. The number of carbonyl (C=O) groups is 2. The SMILES string of the molecule is CC(C)(C)[Si](C)(C)OC1=CC(=O)OC(=O)C1. The van der Waals surface area contributed by atoms with Gasteiger partial charge in [-0.15, -0.1) is 0 Å². The van der Waals surface area contributed by atoms with Crippen LogP contribution in [0, 0.1) is 0 Å². The predicted octanol–water partition coefficient (Wildman–Crippen LogP) is 2.37. The lowest BCUT2D eigenvalue weighted by Crippen LogP contribution is -2.41. The smallest absolute Gasteiger partial charge is 0.341 e. The van der Waals surface area contributed by atoms with Crippen molar-refractivity contribution < 1.29 is 18.8 Å². The van der Waals surface area contributed by atoms with Gasteiger partial charge >= 0.3 is 11.9 Å². The molecule has 4 nitrogen and oxygen atoms in total. The number of ether oxygens (including phenoxy) is 1. The second-order valence-electron chi connectivity index (χ2n) is 5.44.